The van der Waals surface area contributed by atoms with Crippen molar-refractivity contribution >= 4 is 11.7 Å². The number of rotatable bonds is 2. The molecule has 1 atom stereocenters. The average Bonchev–Trinajstić information content (AvgIpc) is 3.28. The molecule has 4 rings (SSSR count). The van der Waals surface area contributed by atoms with Gasteiger partial charge in [0.1, 0.15) is 5.82 Å². The molecule has 1 aliphatic rings. The van der Waals surface area contributed by atoms with Gasteiger partial charge in [-0.1, -0.05) is 20.8 Å². The summed E-state index contributed by atoms with van der Waals surface area (Å²) in [4.78, 5) is 23.7. The van der Waals surface area contributed by atoms with E-state index in [1.165, 1.54) is 12.1 Å². The van der Waals surface area contributed by atoms with Gasteiger partial charge in [0.05, 0.1) is 23.6 Å². The summed E-state index contributed by atoms with van der Waals surface area (Å²) in [7, 11) is 0. The highest BCUT2D eigenvalue weighted by molar-refractivity contribution is 5.82. The van der Waals surface area contributed by atoms with Crippen molar-refractivity contribution in [2.45, 2.75) is 39.7 Å². The molecular formula is C21H23FN4O. The summed E-state index contributed by atoms with van der Waals surface area (Å²) < 4.78 is 15.3. The summed E-state index contributed by atoms with van der Waals surface area (Å²) >= 11 is 0. The van der Waals surface area contributed by atoms with Crippen LogP contribution in [0.3, 0.4) is 0 Å². The highest BCUT2D eigenvalue weighted by Gasteiger charge is 2.37. The van der Waals surface area contributed by atoms with Crippen LogP contribution < -0.4 is 0 Å². The maximum absolute atomic E-state index is 13.3. The van der Waals surface area contributed by atoms with Gasteiger partial charge < -0.3 is 4.90 Å². The van der Waals surface area contributed by atoms with Gasteiger partial charge in [0.25, 0.3) is 0 Å². The lowest BCUT2D eigenvalue weighted by molar-refractivity contribution is -0.140. The number of hydrogen-bond donors (Lipinski definition) is 0. The summed E-state index contributed by atoms with van der Waals surface area (Å²) in [5.41, 5.74) is 2.28. The van der Waals surface area contributed by atoms with Crippen LogP contribution in [0, 0.1) is 11.2 Å². The van der Waals surface area contributed by atoms with E-state index >= 15 is 0 Å². The second-order valence-corrected chi connectivity index (χ2v) is 8.06. The van der Waals surface area contributed by atoms with Crippen LogP contribution in [-0.4, -0.2) is 31.7 Å². The van der Waals surface area contributed by atoms with E-state index in [0.717, 1.165) is 36.3 Å². The molecule has 1 fully saturated rings. The SMILES string of the molecule is CC(C)(C)C(=O)N1CCC[C@@H]1c1ccnc2ncc(-c3ccc(F)cc3)n12. The van der Waals surface area contributed by atoms with E-state index in [2.05, 4.69) is 9.97 Å². The first-order valence-electron chi connectivity index (χ1n) is 9.25. The molecule has 1 aromatic carbocycles. The van der Waals surface area contributed by atoms with Crippen molar-refractivity contribution in [1.82, 2.24) is 19.3 Å². The summed E-state index contributed by atoms with van der Waals surface area (Å²) in [6.07, 6.45) is 5.37. The average molecular weight is 366 g/mol. The van der Waals surface area contributed by atoms with Crippen molar-refractivity contribution in [3.8, 4) is 11.3 Å². The van der Waals surface area contributed by atoms with Crippen LogP contribution in [-0.2, 0) is 4.79 Å². The Kier molecular flexibility index (Phi) is 4.21. The van der Waals surface area contributed by atoms with Crippen LogP contribution in [0.25, 0.3) is 17.0 Å². The molecule has 1 aliphatic heterocycles. The topological polar surface area (TPSA) is 50.5 Å². The summed E-state index contributed by atoms with van der Waals surface area (Å²) in [5.74, 6) is 0.462. The zero-order valence-corrected chi connectivity index (χ0v) is 15.8. The number of benzene rings is 1. The molecule has 5 nitrogen and oxygen atoms in total. The Bertz CT molecular complexity index is 988. The molecule has 1 saturated heterocycles. The van der Waals surface area contributed by atoms with Gasteiger partial charge in [-0.3, -0.25) is 9.20 Å². The number of halogens is 1. The maximum Gasteiger partial charge on any atom is 0.234 e. The first kappa shape index (κ1) is 17.6. The molecule has 3 aromatic rings. The lowest BCUT2D eigenvalue weighted by Gasteiger charge is -2.31. The third kappa shape index (κ3) is 3.09. The Labute approximate surface area is 157 Å². The zero-order chi connectivity index (χ0) is 19.2. The van der Waals surface area contributed by atoms with Gasteiger partial charge in [-0.2, -0.15) is 0 Å². The Morgan fingerprint density at radius 1 is 1.15 bits per heavy atom. The highest BCUT2D eigenvalue weighted by atomic mass is 19.1. The normalized spacial score (nSPS) is 17.6. The first-order chi connectivity index (χ1) is 12.9. The molecule has 2 aromatic heterocycles. The monoisotopic (exact) mass is 366 g/mol. The predicted molar refractivity (Wildman–Crippen MR) is 102 cm³/mol. The predicted octanol–water partition coefficient (Wildman–Crippen LogP) is 4.25. The van der Waals surface area contributed by atoms with Crippen LogP contribution >= 0.6 is 0 Å². The van der Waals surface area contributed by atoms with Crippen LogP contribution in [0.15, 0.2) is 42.7 Å². The van der Waals surface area contributed by atoms with Crippen molar-refractivity contribution < 1.29 is 9.18 Å². The Hall–Kier alpha value is -2.76. The second kappa shape index (κ2) is 6.44. The fourth-order valence-corrected chi connectivity index (χ4v) is 3.78. The Balaban J connectivity index is 1.83. The molecule has 27 heavy (non-hydrogen) atoms. The third-order valence-corrected chi connectivity index (χ3v) is 5.07. The number of carbonyl (C=O) groups is 1. The lowest BCUT2D eigenvalue weighted by Crippen LogP contribution is -2.39. The number of carbonyl (C=O) groups excluding carboxylic acids is 1. The number of imidazole rings is 1. The van der Waals surface area contributed by atoms with Gasteiger partial charge in [-0.25, -0.2) is 14.4 Å². The molecule has 0 bridgehead atoms. The molecule has 0 saturated carbocycles. The number of amides is 1. The molecule has 0 unspecified atom stereocenters. The summed E-state index contributed by atoms with van der Waals surface area (Å²) in [6, 6.07) is 8.30. The van der Waals surface area contributed by atoms with Gasteiger partial charge >= 0.3 is 0 Å². The second-order valence-electron chi connectivity index (χ2n) is 8.06. The zero-order valence-electron chi connectivity index (χ0n) is 15.8. The van der Waals surface area contributed by atoms with E-state index in [1.54, 1.807) is 24.5 Å². The van der Waals surface area contributed by atoms with Gasteiger partial charge in [0.2, 0.25) is 11.7 Å². The van der Waals surface area contributed by atoms with Crippen molar-refractivity contribution in [3.05, 3.63) is 54.2 Å². The van der Waals surface area contributed by atoms with E-state index in [9.17, 15) is 9.18 Å². The van der Waals surface area contributed by atoms with E-state index in [4.69, 9.17) is 0 Å². The maximum atomic E-state index is 13.3. The number of fused-ring (bicyclic) bond motifs is 1. The Morgan fingerprint density at radius 3 is 2.59 bits per heavy atom. The standard InChI is InChI=1S/C21H23FN4O/c1-21(2,3)19(27)25-12-4-5-16(25)17-10-11-23-20-24-13-18(26(17)20)14-6-8-15(22)9-7-14/h6-11,13,16H,4-5,12H2,1-3H3/t16-/m1/s1. The molecule has 6 heteroatoms. The molecule has 0 aliphatic carbocycles. The molecule has 1 amide bonds. The number of likely N-dealkylation sites (tertiary alicyclic amines) is 1. The number of aromatic nitrogens is 3. The molecule has 140 valence electrons. The van der Waals surface area contributed by atoms with Crippen molar-refractivity contribution in [2.75, 3.05) is 6.54 Å². The van der Waals surface area contributed by atoms with Crippen molar-refractivity contribution in [2.24, 2.45) is 5.41 Å². The van der Waals surface area contributed by atoms with Gasteiger partial charge in [0.15, 0.2) is 0 Å². The smallest absolute Gasteiger partial charge is 0.234 e. The van der Waals surface area contributed by atoms with Gasteiger partial charge in [0, 0.05) is 23.7 Å². The highest BCUT2D eigenvalue weighted by Crippen LogP contribution is 2.36. The minimum atomic E-state index is -0.427. The van der Waals surface area contributed by atoms with Crippen LogP contribution in [0.4, 0.5) is 4.39 Å². The fourth-order valence-electron chi connectivity index (χ4n) is 3.78. The van der Waals surface area contributed by atoms with Gasteiger partial charge in [-0.05, 0) is 43.2 Å². The first-order valence-corrected chi connectivity index (χ1v) is 9.25. The Morgan fingerprint density at radius 2 is 1.89 bits per heavy atom. The fraction of sp³-hybridized carbons (Fsp3) is 0.381. The number of nitrogens with zero attached hydrogens (tertiary/aromatic N) is 4. The molecule has 0 radical (unpaired) electrons. The van der Waals surface area contributed by atoms with Crippen LogP contribution in [0.1, 0.15) is 45.3 Å². The van der Waals surface area contributed by atoms with E-state index in [-0.39, 0.29) is 17.8 Å². The van der Waals surface area contributed by atoms with Crippen LogP contribution in [0.5, 0.6) is 0 Å². The molecule has 0 N–H and O–H groups in total. The van der Waals surface area contributed by atoms with Crippen molar-refractivity contribution in [1.29, 1.82) is 0 Å². The van der Waals surface area contributed by atoms with Crippen molar-refractivity contribution in [3.63, 3.8) is 0 Å². The minimum Gasteiger partial charge on any atom is -0.334 e. The molecule has 0 spiro atoms. The van der Waals surface area contributed by atoms with E-state index < -0.39 is 5.41 Å². The van der Waals surface area contributed by atoms with Crippen LogP contribution in [0.2, 0.25) is 0 Å². The van der Waals surface area contributed by atoms with E-state index in [1.807, 2.05) is 36.1 Å². The van der Waals surface area contributed by atoms with E-state index in [0.29, 0.717) is 5.78 Å². The molecular weight excluding hydrogens is 343 g/mol. The largest absolute Gasteiger partial charge is 0.334 e. The molecule has 3 heterocycles. The third-order valence-electron chi connectivity index (χ3n) is 5.07. The summed E-state index contributed by atoms with van der Waals surface area (Å²) in [6.45, 7) is 6.61. The summed E-state index contributed by atoms with van der Waals surface area (Å²) in [5, 5.41) is 0. The number of hydrogen-bond acceptors (Lipinski definition) is 3. The lowest BCUT2D eigenvalue weighted by atomic mass is 9.94. The quantitative estimate of drug-likeness (QED) is 0.681. The van der Waals surface area contributed by atoms with Gasteiger partial charge in [-0.15, -0.1) is 0 Å². The minimum absolute atomic E-state index is 0.0179.